The minimum Gasteiger partial charge on any atom is -0.0936 e. The Bertz CT molecular complexity index is 17.1. The van der Waals surface area contributed by atoms with Crippen LogP contribution in [0.25, 0.3) is 0 Å². The molecule has 0 N–H and O–H groups in total. The molecule has 0 unspecified atom stereocenters. The molecule has 0 spiro atoms. The van der Waals surface area contributed by atoms with Crippen LogP contribution in [-0.4, -0.2) is 17.4 Å². The van der Waals surface area contributed by atoms with Gasteiger partial charge in [0.1, 0.15) is 0 Å². The maximum Gasteiger partial charge on any atom is 0 e. The second-order valence-corrected chi connectivity index (χ2v) is 0.463. The van der Waals surface area contributed by atoms with Crippen molar-refractivity contribution in [3.8, 4) is 0 Å². The summed E-state index contributed by atoms with van der Waals surface area (Å²) < 4.78 is 0. The van der Waals surface area contributed by atoms with Crippen molar-refractivity contribution >= 4 is 29.0 Å². The third-order valence-electron chi connectivity index (χ3n) is 0. The van der Waals surface area contributed by atoms with Crippen molar-refractivity contribution in [2.75, 3.05) is 0 Å². The van der Waals surface area contributed by atoms with Crippen LogP contribution in [0.4, 0.5) is 0 Å². The van der Waals surface area contributed by atoms with Gasteiger partial charge in [-0.25, -0.2) is 0 Å². The smallest absolute Gasteiger partial charge is 0 e. The first-order valence-electron chi connectivity index (χ1n) is 0.626. The SMILES string of the molecule is C=CCl.[Al].[Ar]. The van der Waals surface area contributed by atoms with Crippen LogP contribution in [0.3, 0.4) is 0 Å². The molecule has 0 aromatic rings. The summed E-state index contributed by atoms with van der Waals surface area (Å²) in [5.74, 6) is 0. The topological polar surface area (TPSA) is 0 Å². The third-order valence-corrected chi connectivity index (χ3v) is 0. The van der Waals surface area contributed by atoms with E-state index in [0.717, 1.165) is 0 Å². The fourth-order valence-corrected chi connectivity index (χ4v) is 0. The van der Waals surface area contributed by atoms with E-state index in [-0.39, 0.29) is 55.1 Å². The van der Waals surface area contributed by atoms with Crippen molar-refractivity contribution < 1.29 is 37.7 Å². The zero-order valence-electron chi connectivity index (χ0n) is 2.59. The molecular formula is C2H3AlArCl. The molecule has 0 aliphatic carbocycles. The van der Waals surface area contributed by atoms with Crippen LogP contribution < -0.4 is 0 Å². The normalized spacial score (nSPS) is 2.60. The van der Waals surface area contributed by atoms with Gasteiger partial charge in [0.2, 0.25) is 0 Å². The van der Waals surface area contributed by atoms with E-state index >= 15 is 0 Å². The summed E-state index contributed by atoms with van der Waals surface area (Å²) in [6, 6.07) is 0. The maximum absolute atomic E-state index is 4.76. The fraction of sp³-hybridized carbons (Fsp3) is 0. The summed E-state index contributed by atoms with van der Waals surface area (Å²) in [5, 5.41) is 0. The average Bonchev–Trinajstić information content (AvgIpc) is 0.918. The molecule has 0 aliphatic heterocycles. The van der Waals surface area contributed by atoms with Gasteiger partial charge in [0.15, 0.2) is 0 Å². The van der Waals surface area contributed by atoms with Gasteiger partial charge in [0, 0.05) is 55.1 Å². The Morgan fingerprint density at radius 3 is 1.60 bits per heavy atom. The predicted octanol–water partition coefficient (Wildman–Crippen LogP) is 0.988. The number of halogens is 1. The van der Waals surface area contributed by atoms with Gasteiger partial charge in [0.25, 0.3) is 0 Å². The minimum absolute atomic E-state index is 0. The van der Waals surface area contributed by atoms with E-state index in [1.54, 1.807) is 0 Å². The molecule has 29 valence electrons. The van der Waals surface area contributed by atoms with Crippen molar-refractivity contribution in [3.63, 3.8) is 0 Å². The fourth-order valence-electron chi connectivity index (χ4n) is 0. The molecule has 0 aliphatic rings. The zero-order chi connectivity index (χ0) is 2.71. The first-order chi connectivity index (χ1) is 1.41. The monoisotopic (exact) mass is 129 g/mol. The Morgan fingerprint density at radius 1 is 1.60 bits per heavy atom. The molecule has 0 fully saturated rings. The number of hydrogen-bond donors (Lipinski definition) is 0. The van der Waals surface area contributed by atoms with E-state index in [1.807, 2.05) is 0 Å². The quantitative estimate of drug-likeness (QED) is 0.428. The zero-order valence-corrected chi connectivity index (χ0v) is 5.21. The van der Waals surface area contributed by atoms with E-state index < -0.39 is 0 Å². The van der Waals surface area contributed by atoms with Crippen molar-refractivity contribution in [2.24, 2.45) is 0 Å². The number of rotatable bonds is 0. The van der Waals surface area contributed by atoms with Crippen molar-refractivity contribution in [1.82, 2.24) is 0 Å². The Morgan fingerprint density at radius 2 is 1.60 bits per heavy atom. The molecule has 3 heteroatoms. The van der Waals surface area contributed by atoms with Gasteiger partial charge in [0.05, 0.1) is 0 Å². The van der Waals surface area contributed by atoms with E-state index in [1.165, 1.54) is 5.54 Å². The van der Waals surface area contributed by atoms with Gasteiger partial charge in [-0.3, -0.25) is 0 Å². The molecule has 0 saturated carbocycles. The van der Waals surface area contributed by atoms with Crippen LogP contribution >= 0.6 is 11.6 Å². The van der Waals surface area contributed by atoms with Gasteiger partial charge in [-0.05, 0) is 5.54 Å². The number of hydrogen-bond acceptors (Lipinski definition) is 0. The van der Waals surface area contributed by atoms with Crippen LogP contribution in [0.15, 0.2) is 12.1 Å². The molecule has 0 atom stereocenters. The molecule has 0 amide bonds. The van der Waals surface area contributed by atoms with Gasteiger partial charge >= 0.3 is 0 Å². The Kier molecular flexibility index (Phi) is 53.8. The maximum atomic E-state index is 4.76. The van der Waals surface area contributed by atoms with E-state index in [0.29, 0.717) is 0 Å². The summed E-state index contributed by atoms with van der Waals surface area (Å²) in [6.45, 7) is 3.13. The van der Waals surface area contributed by atoms with Crippen molar-refractivity contribution in [3.05, 3.63) is 12.1 Å². The molecule has 0 heterocycles. The van der Waals surface area contributed by atoms with Gasteiger partial charge in [-0.1, -0.05) is 18.2 Å². The van der Waals surface area contributed by atoms with Gasteiger partial charge in [-0.2, -0.15) is 0 Å². The Labute approximate surface area is 77.7 Å². The molecule has 0 saturated heterocycles. The Balaban J connectivity index is -0.0000000200. The molecule has 0 bridgehead atoms. The largest absolute Gasteiger partial charge is 0.0936 e. The predicted molar refractivity (Wildman–Crippen MR) is 21.8 cm³/mol. The molecular weight excluding hydrogens is 126 g/mol. The first-order valence-corrected chi connectivity index (χ1v) is 1.06. The van der Waals surface area contributed by atoms with E-state index in [9.17, 15) is 0 Å². The molecule has 3 radical (unpaired) electrons. The summed E-state index contributed by atoms with van der Waals surface area (Å²) in [6.07, 6.45) is 0. The molecule has 0 aromatic carbocycles. The van der Waals surface area contributed by atoms with Crippen LogP contribution in [0, 0.1) is 37.7 Å². The summed E-state index contributed by atoms with van der Waals surface area (Å²) >= 11 is 4.76. The first kappa shape index (κ1) is 15.8. The van der Waals surface area contributed by atoms with Crippen LogP contribution in [0.5, 0.6) is 0 Å². The minimum atomic E-state index is 0. The average molecular weight is 129 g/mol. The van der Waals surface area contributed by atoms with Gasteiger partial charge < -0.3 is 0 Å². The van der Waals surface area contributed by atoms with Crippen LogP contribution in [-0.2, 0) is 0 Å². The van der Waals surface area contributed by atoms with Crippen molar-refractivity contribution in [1.29, 1.82) is 0 Å². The standard InChI is InChI=1S/C2H3Cl.Al.Ar/c1-2-3;;/h2H,1H2;;. The van der Waals surface area contributed by atoms with E-state index in [2.05, 4.69) is 6.58 Å². The third kappa shape index (κ3) is 25.6. The summed E-state index contributed by atoms with van der Waals surface area (Å²) in [5.41, 5.74) is 1.22. The van der Waals surface area contributed by atoms with Crippen LogP contribution in [0.1, 0.15) is 0 Å². The summed E-state index contributed by atoms with van der Waals surface area (Å²) in [4.78, 5) is 0. The summed E-state index contributed by atoms with van der Waals surface area (Å²) in [7, 11) is 0. The second-order valence-electron chi connectivity index (χ2n) is 0.154. The molecule has 0 nitrogen and oxygen atoms in total. The molecule has 0 rings (SSSR count). The van der Waals surface area contributed by atoms with Gasteiger partial charge in [-0.15, -0.1) is 0 Å². The molecule has 5 heavy (non-hydrogen) atoms. The second kappa shape index (κ2) is 17.0. The van der Waals surface area contributed by atoms with E-state index in [4.69, 9.17) is 11.6 Å². The van der Waals surface area contributed by atoms with Crippen LogP contribution in [0.2, 0.25) is 0 Å². The molecule has 0 aromatic heterocycles. The Hall–Kier alpha value is 1.82. The van der Waals surface area contributed by atoms with Crippen molar-refractivity contribution in [2.45, 2.75) is 0 Å².